The van der Waals surface area contributed by atoms with Crippen molar-refractivity contribution in [1.29, 1.82) is 0 Å². The second-order valence-corrected chi connectivity index (χ2v) is 5.14. The molecule has 2 nitrogen and oxygen atoms in total. The van der Waals surface area contributed by atoms with Crippen LogP contribution in [0.1, 0.15) is 0 Å². The number of hydrogen-bond donors (Lipinski definition) is 1. The Morgan fingerprint density at radius 3 is 2.48 bits per heavy atom. The van der Waals surface area contributed by atoms with Crippen LogP contribution in [-0.4, -0.2) is 9.97 Å². The molecule has 0 unspecified atom stereocenters. The minimum atomic E-state index is -1.53. The Morgan fingerprint density at radius 2 is 1.65 bits per heavy atom. The van der Waals surface area contributed by atoms with Crippen LogP contribution in [0.15, 0.2) is 42.6 Å². The van der Waals surface area contributed by atoms with Crippen molar-refractivity contribution in [2.75, 3.05) is 0 Å². The van der Waals surface area contributed by atoms with Crippen LogP contribution in [0.2, 0.25) is 0 Å². The predicted molar refractivity (Wildman–Crippen MR) is 78.9 cm³/mol. The number of aromatic nitrogens is 2. The third-order valence-corrected chi connectivity index (χ3v) is 3.74. The maximum Gasteiger partial charge on any atom is 0.196 e. The molecule has 4 rings (SSSR count). The lowest BCUT2D eigenvalue weighted by Crippen LogP contribution is -1.92. The molecule has 0 atom stereocenters. The van der Waals surface area contributed by atoms with Crippen molar-refractivity contribution in [2.45, 2.75) is 0 Å². The van der Waals surface area contributed by atoms with E-state index in [4.69, 9.17) is 0 Å². The van der Waals surface area contributed by atoms with Crippen molar-refractivity contribution < 1.29 is 17.6 Å². The molecule has 0 amide bonds. The number of H-pyrrole nitrogens is 1. The molecule has 2 aromatic heterocycles. The maximum atomic E-state index is 13.8. The smallest absolute Gasteiger partial charge is 0.196 e. The van der Waals surface area contributed by atoms with Crippen molar-refractivity contribution >= 4 is 21.8 Å². The van der Waals surface area contributed by atoms with Gasteiger partial charge < -0.3 is 4.98 Å². The van der Waals surface area contributed by atoms with Gasteiger partial charge >= 0.3 is 0 Å². The summed E-state index contributed by atoms with van der Waals surface area (Å²) in [6, 6.07) is 8.48. The van der Waals surface area contributed by atoms with Crippen LogP contribution in [0.4, 0.5) is 17.6 Å². The number of benzene rings is 2. The highest BCUT2D eigenvalue weighted by molar-refractivity contribution is 5.96. The summed E-state index contributed by atoms with van der Waals surface area (Å²) in [6.45, 7) is 0. The van der Waals surface area contributed by atoms with E-state index in [2.05, 4.69) is 9.97 Å². The fourth-order valence-corrected chi connectivity index (χ4v) is 2.62. The van der Waals surface area contributed by atoms with E-state index >= 15 is 0 Å². The van der Waals surface area contributed by atoms with Gasteiger partial charge in [0, 0.05) is 28.6 Å². The second kappa shape index (κ2) is 4.81. The van der Waals surface area contributed by atoms with E-state index in [9.17, 15) is 17.6 Å². The zero-order valence-electron chi connectivity index (χ0n) is 11.5. The first kappa shape index (κ1) is 13.8. The number of nitrogens with zero attached hydrogens (tertiary/aromatic N) is 1. The number of halogens is 4. The zero-order chi connectivity index (χ0) is 16.1. The molecule has 114 valence electrons. The molecule has 0 aliphatic heterocycles. The summed E-state index contributed by atoms with van der Waals surface area (Å²) in [5, 5.41) is 0.906. The summed E-state index contributed by atoms with van der Waals surface area (Å²) in [5.41, 5.74) is 1.09. The molecule has 0 fully saturated rings. The van der Waals surface area contributed by atoms with Crippen LogP contribution in [-0.2, 0) is 0 Å². The fraction of sp³-hybridized carbons (Fsp3) is 0. The van der Waals surface area contributed by atoms with Crippen LogP contribution in [0.3, 0.4) is 0 Å². The topological polar surface area (TPSA) is 28.7 Å². The number of fused-ring (bicyclic) bond motifs is 2. The molecule has 0 bridgehead atoms. The van der Waals surface area contributed by atoms with Crippen molar-refractivity contribution in [1.82, 2.24) is 9.97 Å². The fourth-order valence-electron chi connectivity index (χ4n) is 2.62. The summed E-state index contributed by atoms with van der Waals surface area (Å²) in [4.78, 5) is 6.90. The van der Waals surface area contributed by atoms with Gasteiger partial charge in [0.25, 0.3) is 0 Å². The molecule has 0 aliphatic rings. The maximum absolute atomic E-state index is 13.8. The molecule has 0 aliphatic carbocycles. The lowest BCUT2D eigenvalue weighted by molar-refractivity contribution is 0.453. The first-order valence-electron chi connectivity index (χ1n) is 6.76. The molecular weight excluding hydrogens is 308 g/mol. The summed E-state index contributed by atoms with van der Waals surface area (Å²) in [7, 11) is 0. The molecule has 2 heterocycles. The Hall–Kier alpha value is -2.89. The van der Waals surface area contributed by atoms with Gasteiger partial charge in [-0.1, -0.05) is 6.07 Å². The molecule has 0 radical (unpaired) electrons. The van der Waals surface area contributed by atoms with E-state index in [0.717, 1.165) is 11.5 Å². The molecule has 0 saturated heterocycles. The third kappa shape index (κ3) is 2.06. The van der Waals surface area contributed by atoms with Crippen molar-refractivity contribution in [3.63, 3.8) is 0 Å². The summed E-state index contributed by atoms with van der Waals surface area (Å²) in [6.07, 6.45) is 1.42. The van der Waals surface area contributed by atoms with Gasteiger partial charge in [-0.25, -0.2) is 22.5 Å². The minimum absolute atomic E-state index is 0.139. The van der Waals surface area contributed by atoms with E-state index in [1.165, 1.54) is 18.3 Å². The molecule has 0 saturated carbocycles. The summed E-state index contributed by atoms with van der Waals surface area (Å²) < 4.78 is 53.9. The largest absolute Gasteiger partial charge is 0.358 e. The number of nitrogens with one attached hydrogen (secondary N) is 1. The van der Waals surface area contributed by atoms with E-state index < -0.39 is 23.3 Å². The molecule has 6 heteroatoms. The van der Waals surface area contributed by atoms with Gasteiger partial charge in [-0.3, -0.25) is 0 Å². The van der Waals surface area contributed by atoms with E-state index in [1.54, 1.807) is 18.2 Å². The number of rotatable bonds is 1. The van der Waals surface area contributed by atoms with Gasteiger partial charge in [-0.2, -0.15) is 0 Å². The lowest BCUT2D eigenvalue weighted by Gasteiger charge is -2.03. The number of pyridine rings is 1. The molecule has 1 N–H and O–H groups in total. The van der Waals surface area contributed by atoms with Crippen molar-refractivity contribution in [3.05, 3.63) is 65.9 Å². The minimum Gasteiger partial charge on any atom is -0.358 e. The van der Waals surface area contributed by atoms with Gasteiger partial charge in [0.05, 0.1) is 16.7 Å². The molecule has 2 aromatic carbocycles. The Labute approximate surface area is 127 Å². The van der Waals surface area contributed by atoms with Crippen molar-refractivity contribution in [2.24, 2.45) is 0 Å². The summed E-state index contributed by atoms with van der Waals surface area (Å²) >= 11 is 0. The first-order valence-corrected chi connectivity index (χ1v) is 6.76. The van der Waals surface area contributed by atoms with E-state index in [0.29, 0.717) is 16.8 Å². The van der Waals surface area contributed by atoms with Crippen LogP contribution in [0.5, 0.6) is 0 Å². The van der Waals surface area contributed by atoms with Crippen molar-refractivity contribution in [3.8, 4) is 11.3 Å². The number of hydrogen-bond acceptors (Lipinski definition) is 1. The Morgan fingerprint density at radius 1 is 0.870 bits per heavy atom. The zero-order valence-corrected chi connectivity index (χ0v) is 11.5. The normalized spacial score (nSPS) is 11.5. The van der Waals surface area contributed by atoms with E-state index in [1.807, 2.05) is 0 Å². The first-order chi connectivity index (χ1) is 11.0. The Kier molecular flexibility index (Phi) is 2.87. The van der Waals surface area contributed by atoms with Crippen LogP contribution in [0, 0.1) is 23.3 Å². The lowest BCUT2D eigenvalue weighted by atomic mass is 10.1. The second-order valence-electron chi connectivity index (χ2n) is 5.14. The molecule has 23 heavy (non-hydrogen) atoms. The average molecular weight is 316 g/mol. The quantitative estimate of drug-likeness (QED) is 0.391. The molecule has 4 aromatic rings. The highest BCUT2D eigenvalue weighted by Crippen LogP contribution is 2.32. The van der Waals surface area contributed by atoms with Gasteiger partial charge in [-0.15, -0.1) is 0 Å². The van der Waals surface area contributed by atoms with Gasteiger partial charge in [0.1, 0.15) is 5.82 Å². The van der Waals surface area contributed by atoms with Gasteiger partial charge in [-0.05, 0) is 24.3 Å². The Balaban J connectivity index is 1.99. The number of aromatic amines is 1. The van der Waals surface area contributed by atoms with Gasteiger partial charge in [0.2, 0.25) is 0 Å². The summed E-state index contributed by atoms with van der Waals surface area (Å²) in [5.74, 6) is -4.51. The van der Waals surface area contributed by atoms with Gasteiger partial charge in [0.15, 0.2) is 17.5 Å². The Bertz CT molecular complexity index is 1070. The molecular formula is C17H8F4N2. The van der Waals surface area contributed by atoms with E-state index in [-0.39, 0.29) is 10.9 Å². The van der Waals surface area contributed by atoms with Crippen LogP contribution in [0.25, 0.3) is 33.1 Å². The highest BCUT2D eigenvalue weighted by Gasteiger charge is 2.18. The monoisotopic (exact) mass is 316 g/mol. The van der Waals surface area contributed by atoms with Crippen LogP contribution >= 0.6 is 0 Å². The molecule has 0 spiro atoms. The standard InChI is InChI=1S/C17H8F4N2/c18-9-3-1-8-2-4-13(23-14(8)5-9)11-7-22-17-10(11)6-12(19)15(20)16(17)21/h1-7,22H. The predicted octanol–water partition coefficient (Wildman–Crippen LogP) is 4.94. The highest BCUT2D eigenvalue weighted by atomic mass is 19.2. The average Bonchev–Trinajstić information content (AvgIpc) is 2.95. The van der Waals surface area contributed by atoms with Crippen LogP contribution < -0.4 is 0 Å². The SMILES string of the molecule is Fc1ccc2ccc(-c3c[nH]c4c(F)c(F)c(F)cc34)nc2c1. The third-order valence-electron chi connectivity index (χ3n) is 3.74.